The third kappa shape index (κ3) is 18.6. The number of hydrogen-bond acceptors (Lipinski definition) is 0. The standard InChI is InChI=1S/C35H74P/c1-7-11-15-19-20-21-22-23-24-25-26-30-34-36(5,6)35(31-27-16-12-8-2,32-28-17-13-9-3)33-29-18-14-10-4/h7-34H2,1-6H3/q+1. The van der Waals surface area contributed by atoms with E-state index in [4.69, 9.17) is 0 Å². The Morgan fingerprint density at radius 1 is 0.333 bits per heavy atom. The van der Waals surface area contributed by atoms with E-state index in [9.17, 15) is 0 Å². The van der Waals surface area contributed by atoms with E-state index >= 15 is 0 Å². The zero-order valence-corrected chi connectivity index (χ0v) is 27.6. The molecule has 0 radical (unpaired) electrons. The minimum atomic E-state index is -0.909. The fourth-order valence-corrected chi connectivity index (χ4v) is 10.3. The predicted molar refractivity (Wildman–Crippen MR) is 174 cm³/mol. The van der Waals surface area contributed by atoms with Gasteiger partial charge in [-0.1, -0.05) is 150 Å². The van der Waals surface area contributed by atoms with Gasteiger partial charge in [0.25, 0.3) is 0 Å². The minimum absolute atomic E-state index is 0.694. The van der Waals surface area contributed by atoms with Crippen LogP contribution < -0.4 is 0 Å². The Morgan fingerprint density at radius 3 is 0.889 bits per heavy atom. The van der Waals surface area contributed by atoms with E-state index in [1.807, 2.05) is 0 Å². The molecule has 36 heavy (non-hydrogen) atoms. The lowest BCUT2D eigenvalue weighted by atomic mass is 9.88. The Labute approximate surface area is 232 Å². The molecule has 0 spiro atoms. The molecule has 0 heterocycles. The van der Waals surface area contributed by atoms with Crippen LogP contribution in [-0.2, 0) is 0 Å². The van der Waals surface area contributed by atoms with Crippen LogP contribution in [0, 0.1) is 0 Å². The largest absolute Gasteiger partial charge is 0.0794 e. The quantitative estimate of drug-likeness (QED) is 0.0672. The Balaban J connectivity index is 4.71. The molecule has 0 rings (SSSR count). The highest BCUT2D eigenvalue weighted by molar-refractivity contribution is 7.76. The zero-order chi connectivity index (χ0) is 26.8. The van der Waals surface area contributed by atoms with E-state index < -0.39 is 7.26 Å². The molecular formula is C35H74P+. The van der Waals surface area contributed by atoms with Crippen molar-refractivity contribution in [1.82, 2.24) is 0 Å². The van der Waals surface area contributed by atoms with Gasteiger partial charge in [0, 0.05) is 20.6 Å². The van der Waals surface area contributed by atoms with Crippen LogP contribution >= 0.6 is 7.26 Å². The van der Waals surface area contributed by atoms with E-state index in [0.717, 1.165) is 0 Å². The maximum absolute atomic E-state index is 2.80. The van der Waals surface area contributed by atoms with Crippen molar-refractivity contribution in [3.8, 4) is 0 Å². The lowest BCUT2D eigenvalue weighted by molar-refractivity contribution is 0.395. The average Bonchev–Trinajstić information content (AvgIpc) is 2.87. The molecule has 0 aromatic carbocycles. The lowest BCUT2D eigenvalue weighted by Crippen LogP contribution is -2.33. The summed E-state index contributed by atoms with van der Waals surface area (Å²) in [5, 5.41) is 0.694. The molecule has 0 aliphatic rings. The van der Waals surface area contributed by atoms with Crippen LogP contribution in [0.2, 0.25) is 0 Å². The van der Waals surface area contributed by atoms with Gasteiger partial charge in [0.15, 0.2) is 0 Å². The summed E-state index contributed by atoms with van der Waals surface area (Å²) in [5.41, 5.74) is 0. The Morgan fingerprint density at radius 2 is 0.583 bits per heavy atom. The molecule has 0 N–H and O–H groups in total. The highest BCUT2D eigenvalue weighted by atomic mass is 31.2. The summed E-state index contributed by atoms with van der Waals surface area (Å²) in [5.74, 6) is 0. The van der Waals surface area contributed by atoms with Crippen molar-refractivity contribution in [2.24, 2.45) is 0 Å². The SMILES string of the molecule is CCCCCCCCCCCCCC[P+](C)(C)C(CCCCCC)(CCCCCC)CCCCCC. The molecule has 0 aliphatic heterocycles. The van der Waals surface area contributed by atoms with Crippen LogP contribution in [0.25, 0.3) is 0 Å². The molecular weight excluding hydrogens is 451 g/mol. The van der Waals surface area contributed by atoms with Gasteiger partial charge >= 0.3 is 0 Å². The topological polar surface area (TPSA) is 0 Å². The Hall–Kier alpha value is 0.430. The summed E-state index contributed by atoms with van der Waals surface area (Å²) in [6, 6.07) is 0. The second-order valence-corrected chi connectivity index (χ2v) is 17.7. The highest BCUT2D eigenvalue weighted by Gasteiger charge is 2.49. The third-order valence-corrected chi connectivity index (χ3v) is 14.0. The van der Waals surface area contributed by atoms with Crippen LogP contribution in [0.5, 0.6) is 0 Å². The second kappa shape index (κ2) is 25.7. The molecule has 0 bridgehead atoms. The Kier molecular flexibility index (Phi) is 26.0. The summed E-state index contributed by atoms with van der Waals surface area (Å²) in [6.45, 7) is 15.0. The molecule has 0 atom stereocenters. The molecule has 0 saturated heterocycles. The predicted octanol–water partition coefficient (Wildman–Crippen LogP) is 13.6. The Bertz CT molecular complexity index is 395. The summed E-state index contributed by atoms with van der Waals surface area (Å²) in [6.07, 6.45) is 41.3. The molecule has 0 aromatic rings. The minimum Gasteiger partial charge on any atom is -0.0654 e. The molecule has 1 heteroatoms. The summed E-state index contributed by atoms with van der Waals surface area (Å²) < 4.78 is 0. The van der Waals surface area contributed by atoms with Crippen LogP contribution in [0.15, 0.2) is 0 Å². The van der Waals surface area contributed by atoms with Crippen molar-refractivity contribution in [3.05, 3.63) is 0 Å². The van der Waals surface area contributed by atoms with E-state index in [0.29, 0.717) is 5.16 Å². The van der Waals surface area contributed by atoms with E-state index in [2.05, 4.69) is 41.0 Å². The normalized spacial score (nSPS) is 12.5. The fourth-order valence-electron chi connectivity index (χ4n) is 6.51. The molecule has 0 nitrogen and oxygen atoms in total. The molecule has 0 aliphatic carbocycles. The maximum atomic E-state index is 2.80. The first-order chi connectivity index (χ1) is 17.5. The third-order valence-electron chi connectivity index (χ3n) is 9.34. The van der Waals surface area contributed by atoms with Gasteiger partial charge in [-0.15, -0.1) is 0 Å². The zero-order valence-electron chi connectivity index (χ0n) is 26.7. The highest BCUT2D eigenvalue weighted by Crippen LogP contribution is 2.69. The van der Waals surface area contributed by atoms with Gasteiger partial charge in [0.2, 0.25) is 0 Å². The molecule has 218 valence electrons. The van der Waals surface area contributed by atoms with Crippen LogP contribution in [-0.4, -0.2) is 24.6 Å². The van der Waals surface area contributed by atoms with E-state index in [-0.39, 0.29) is 0 Å². The lowest BCUT2D eigenvalue weighted by Gasteiger charge is -2.42. The van der Waals surface area contributed by atoms with Gasteiger partial charge < -0.3 is 0 Å². The van der Waals surface area contributed by atoms with Gasteiger partial charge in [-0.2, -0.15) is 0 Å². The van der Waals surface area contributed by atoms with Crippen molar-refractivity contribution in [2.75, 3.05) is 19.5 Å². The smallest absolute Gasteiger partial charge is 0.0654 e. The van der Waals surface area contributed by atoms with Crippen molar-refractivity contribution >= 4 is 7.26 Å². The molecule has 0 unspecified atom stereocenters. The number of rotatable bonds is 29. The van der Waals surface area contributed by atoms with Gasteiger partial charge in [0.1, 0.15) is 0 Å². The second-order valence-electron chi connectivity index (χ2n) is 13.0. The first kappa shape index (κ1) is 36.4. The summed E-state index contributed by atoms with van der Waals surface area (Å²) >= 11 is 0. The van der Waals surface area contributed by atoms with Crippen molar-refractivity contribution in [2.45, 2.75) is 206 Å². The number of unbranched alkanes of at least 4 members (excludes halogenated alkanes) is 20. The van der Waals surface area contributed by atoms with Gasteiger partial charge in [-0.25, -0.2) is 0 Å². The van der Waals surface area contributed by atoms with Crippen LogP contribution in [0.3, 0.4) is 0 Å². The number of hydrogen-bond donors (Lipinski definition) is 0. The molecule has 0 aromatic heterocycles. The average molecular weight is 526 g/mol. The molecule has 0 amide bonds. The first-order valence-electron chi connectivity index (χ1n) is 17.3. The van der Waals surface area contributed by atoms with Crippen molar-refractivity contribution < 1.29 is 0 Å². The maximum Gasteiger partial charge on any atom is 0.0794 e. The van der Waals surface area contributed by atoms with E-state index in [1.54, 1.807) is 25.4 Å². The van der Waals surface area contributed by atoms with E-state index in [1.165, 1.54) is 154 Å². The first-order valence-corrected chi connectivity index (χ1v) is 20.2. The van der Waals surface area contributed by atoms with Crippen molar-refractivity contribution in [3.63, 3.8) is 0 Å². The summed E-state index contributed by atoms with van der Waals surface area (Å²) in [4.78, 5) is 0. The van der Waals surface area contributed by atoms with Gasteiger partial charge in [-0.05, 0) is 51.4 Å². The molecule has 0 saturated carbocycles. The molecule has 0 fully saturated rings. The van der Waals surface area contributed by atoms with Gasteiger partial charge in [0.05, 0.1) is 11.3 Å². The van der Waals surface area contributed by atoms with Crippen LogP contribution in [0.4, 0.5) is 0 Å². The monoisotopic (exact) mass is 526 g/mol. The summed E-state index contributed by atoms with van der Waals surface area (Å²) in [7, 11) is -0.909. The fraction of sp³-hybridized carbons (Fsp3) is 1.00. The van der Waals surface area contributed by atoms with Crippen LogP contribution in [0.1, 0.15) is 201 Å². The van der Waals surface area contributed by atoms with Crippen molar-refractivity contribution in [1.29, 1.82) is 0 Å². The van der Waals surface area contributed by atoms with Gasteiger partial charge in [-0.3, -0.25) is 0 Å².